The van der Waals surface area contributed by atoms with Gasteiger partial charge in [0.25, 0.3) is 11.8 Å². The first kappa shape index (κ1) is 16.6. The first-order chi connectivity index (χ1) is 10.9. The third-order valence-electron chi connectivity index (χ3n) is 3.08. The minimum atomic E-state index is -3.91. The van der Waals surface area contributed by atoms with Crippen LogP contribution < -0.4 is 22.5 Å². The number of amides is 2. The van der Waals surface area contributed by atoms with Gasteiger partial charge in [-0.2, -0.15) is 0 Å². The Morgan fingerprint density at radius 2 is 1.17 bits per heavy atom. The van der Waals surface area contributed by atoms with Gasteiger partial charge in [-0.05, 0) is 36.4 Å². The zero-order valence-electron chi connectivity index (χ0n) is 11.8. The van der Waals surface area contributed by atoms with Crippen LogP contribution in [0.25, 0.3) is 0 Å². The number of rotatable bonds is 4. The molecule has 0 saturated heterocycles. The molecule has 2 amide bonds. The average Bonchev–Trinajstić information content (AvgIpc) is 2.60. The topological polar surface area (TPSA) is 144 Å². The summed E-state index contributed by atoms with van der Waals surface area (Å²) in [5.41, 5.74) is 4.06. The van der Waals surface area contributed by atoms with Gasteiger partial charge in [0.05, 0.1) is 9.79 Å². The molecule has 8 nitrogen and oxygen atoms in total. The lowest BCUT2D eigenvalue weighted by Gasteiger charge is -2.08. The van der Waals surface area contributed by atoms with Gasteiger partial charge < -0.3 is 0 Å². The summed E-state index contributed by atoms with van der Waals surface area (Å²) in [6.07, 6.45) is 0. The quantitative estimate of drug-likeness (QED) is 0.344. The van der Waals surface area contributed by atoms with Gasteiger partial charge in [-0.1, -0.05) is 12.1 Å². The number of carbonyl (C=O) groups excluding carboxylic acids is 2. The van der Waals surface area contributed by atoms with Gasteiger partial charge >= 0.3 is 0 Å². The van der Waals surface area contributed by atoms with Crippen molar-refractivity contribution < 1.29 is 18.0 Å². The fourth-order valence-corrected chi connectivity index (χ4v) is 3.26. The number of nitrogen functional groups attached to an aromatic ring is 2. The number of nitrogens with two attached hydrogens (primary N) is 2. The molecular weight excluding hydrogens is 320 g/mol. The van der Waals surface area contributed by atoms with E-state index in [2.05, 4.69) is 0 Å². The molecule has 0 aliphatic heterocycles. The second-order valence-electron chi connectivity index (χ2n) is 4.51. The number of hydrogen-bond acceptors (Lipinski definition) is 6. The van der Waals surface area contributed by atoms with E-state index in [-0.39, 0.29) is 20.9 Å². The van der Waals surface area contributed by atoms with E-state index in [9.17, 15) is 18.0 Å². The van der Waals surface area contributed by atoms with E-state index >= 15 is 0 Å². The SMILES string of the molecule is NNC(=O)c1cccc(S(=O)(=O)c2cccc(C(=O)NN)c2)c1. The van der Waals surface area contributed by atoms with Crippen LogP contribution in [0.15, 0.2) is 58.3 Å². The third-order valence-corrected chi connectivity index (χ3v) is 4.82. The fourth-order valence-electron chi connectivity index (χ4n) is 1.91. The monoisotopic (exact) mass is 334 g/mol. The van der Waals surface area contributed by atoms with Crippen LogP contribution in [0, 0.1) is 0 Å². The van der Waals surface area contributed by atoms with E-state index in [0.717, 1.165) is 0 Å². The number of benzene rings is 2. The predicted molar refractivity (Wildman–Crippen MR) is 81.6 cm³/mol. The summed E-state index contributed by atoms with van der Waals surface area (Å²) in [5, 5.41) is 0. The molecule has 120 valence electrons. The Bertz CT molecular complexity index is 799. The molecule has 0 aliphatic carbocycles. The highest BCUT2D eigenvalue weighted by Crippen LogP contribution is 2.22. The third kappa shape index (κ3) is 3.37. The number of hydrogen-bond donors (Lipinski definition) is 4. The molecule has 9 heteroatoms. The number of hydrazine groups is 2. The van der Waals surface area contributed by atoms with Crippen molar-refractivity contribution in [2.24, 2.45) is 11.7 Å². The standard InChI is InChI=1S/C14H14N4O4S/c15-17-13(19)9-3-1-5-11(7-9)23(21,22)12-6-2-4-10(8-12)14(20)18-16/h1-8H,15-16H2,(H,17,19)(H,18,20). The van der Waals surface area contributed by atoms with E-state index in [4.69, 9.17) is 11.7 Å². The maximum Gasteiger partial charge on any atom is 0.265 e. The van der Waals surface area contributed by atoms with Gasteiger partial charge in [-0.15, -0.1) is 0 Å². The average molecular weight is 334 g/mol. The molecule has 0 bridgehead atoms. The lowest BCUT2D eigenvalue weighted by Crippen LogP contribution is -2.30. The molecule has 6 N–H and O–H groups in total. The Morgan fingerprint density at radius 3 is 1.52 bits per heavy atom. The minimum absolute atomic E-state index is 0.0936. The van der Waals surface area contributed by atoms with Crippen LogP contribution >= 0.6 is 0 Å². The molecule has 0 fully saturated rings. The van der Waals surface area contributed by atoms with Crippen molar-refractivity contribution in [3.8, 4) is 0 Å². The van der Waals surface area contributed by atoms with E-state index < -0.39 is 21.7 Å². The summed E-state index contributed by atoms with van der Waals surface area (Å²) in [6, 6.07) is 10.8. The molecule has 0 aliphatic rings. The predicted octanol–water partition coefficient (Wildman–Crippen LogP) is -0.274. The summed E-state index contributed by atoms with van der Waals surface area (Å²) < 4.78 is 25.3. The second kappa shape index (κ2) is 6.57. The Morgan fingerprint density at radius 1 is 0.783 bits per heavy atom. The smallest absolute Gasteiger partial charge is 0.265 e. The summed E-state index contributed by atoms with van der Waals surface area (Å²) in [7, 11) is -3.91. The first-order valence-corrected chi connectivity index (χ1v) is 7.85. The van der Waals surface area contributed by atoms with Gasteiger partial charge in [-0.3, -0.25) is 20.4 Å². The van der Waals surface area contributed by atoms with E-state index in [1.54, 1.807) is 0 Å². The Hall–Kier alpha value is -2.75. The van der Waals surface area contributed by atoms with Crippen LogP contribution in [-0.4, -0.2) is 20.2 Å². The van der Waals surface area contributed by atoms with Gasteiger partial charge in [0, 0.05) is 11.1 Å². The molecule has 2 aromatic carbocycles. The molecule has 0 radical (unpaired) electrons. The van der Waals surface area contributed by atoms with Crippen molar-refractivity contribution in [1.29, 1.82) is 0 Å². The van der Waals surface area contributed by atoms with Gasteiger partial charge in [0.1, 0.15) is 0 Å². The van der Waals surface area contributed by atoms with E-state index in [0.29, 0.717) is 0 Å². The summed E-state index contributed by atoms with van der Waals surface area (Å²) >= 11 is 0. The van der Waals surface area contributed by atoms with E-state index in [1.165, 1.54) is 48.5 Å². The van der Waals surface area contributed by atoms with Crippen LogP contribution in [0.4, 0.5) is 0 Å². The van der Waals surface area contributed by atoms with Gasteiger partial charge in [0.15, 0.2) is 0 Å². The van der Waals surface area contributed by atoms with Crippen molar-refractivity contribution in [2.75, 3.05) is 0 Å². The molecule has 0 unspecified atom stereocenters. The highest BCUT2D eigenvalue weighted by Gasteiger charge is 2.20. The first-order valence-electron chi connectivity index (χ1n) is 6.37. The zero-order valence-corrected chi connectivity index (χ0v) is 12.6. The summed E-state index contributed by atoms with van der Waals surface area (Å²) in [6.45, 7) is 0. The molecule has 0 saturated carbocycles. The maximum atomic E-state index is 12.6. The molecule has 0 heterocycles. The number of nitrogens with one attached hydrogen (secondary N) is 2. The lowest BCUT2D eigenvalue weighted by molar-refractivity contribution is 0.0945. The number of sulfone groups is 1. The molecule has 2 aromatic rings. The van der Waals surface area contributed by atoms with Crippen LogP contribution in [0.2, 0.25) is 0 Å². The molecule has 0 spiro atoms. The molecule has 0 aromatic heterocycles. The van der Waals surface area contributed by atoms with E-state index in [1.807, 2.05) is 10.9 Å². The fraction of sp³-hybridized carbons (Fsp3) is 0. The van der Waals surface area contributed by atoms with Crippen LogP contribution in [0.1, 0.15) is 20.7 Å². The van der Waals surface area contributed by atoms with Crippen LogP contribution in [0.5, 0.6) is 0 Å². The summed E-state index contributed by atoms with van der Waals surface area (Å²) in [4.78, 5) is 22.8. The Labute approximate surface area is 132 Å². The lowest BCUT2D eigenvalue weighted by atomic mass is 10.2. The second-order valence-corrected chi connectivity index (χ2v) is 6.46. The number of carbonyl (C=O) groups is 2. The molecular formula is C14H14N4O4S. The van der Waals surface area contributed by atoms with Crippen molar-refractivity contribution in [2.45, 2.75) is 9.79 Å². The van der Waals surface area contributed by atoms with Gasteiger partial charge in [-0.25, -0.2) is 20.1 Å². The highest BCUT2D eigenvalue weighted by molar-refractivity contribution is 7.91. The molecule has 2 rings (SSSR count). The van der Waals surface area contributed by atoms with Crippen LogP contribution in [-0.2, 0) is 9.84 Å². The normalized spacial score (nSPS) is 10.9. The Kier molecular flexibility index (Phi) is 4.74. The van der Waals surface area contributed by atoms with Crippen molar-refractivity contribution in [3.63, 3.8) is 0 Å². The van der Waals surface area contributed by atoms with Crippen molar-refractivity contribution >= 4 is 21.7 Å². The van der Waals surface area contributed by atoms with Crippen molar-refractivity contribution in [1.82, 2.24) is 10.9 Å². The minimum Gasteiger partial charge on any atom is -0.290 e. The van der Waals surface area contributed by atoms with Crippen LogP contribution in [0.3, 0.4) is 0 Å². The molecule has 23 heavy (non-hydrogen) atoms. The maximum absolute atomic E-state index is 12.6. The largest absolute Gasteiger partial charge is 0.290 e. The Balaban J connectivity index is 2.51. The van der Waals surface area contributed by atoms with Crippen molar-refractivity contribution in [3.05, 3.63) is 59.7 Å². The zero-order chi connectivity index (χ0) is 17.0. The van der Waals surface area contributed by atoms with Gasteiger partial charge in [0.2, 0.25) is 9.84 Å². The summed E-state index contributed by atoms with van der Waals surface area (Å²) in [5.74, 6) is 8.85. The molecule has 0 atom stereocenters. The highest BCUT2D eigenvalue weighted by atomic mass is 32.2.